The molecule has 0 aliphatic rings. The molecule has 0 aliphatic carbocycles. The predicted molar refractivity (Wildman–Crippen MR) is 72.4 cm³/mol. The number of nitrogens with two attached hydrogens (primary N) is 1. The highest BCUT2D eigenvalue weighted by molar-refractivity contribution is 6.28. The molecule has 0 fully saturated rings. The third-order valence-electron chi connectivity index (χ3n) is 2.46. The Morgan fingerprint density at radius 1 is 1.26 bits per heavy atom. The summed E-state index contributed by atoms with van der Waals surface area (Å²) < 4.78 is 12.8. The zero-order valence-electron chi connectivity index (χ0n) is 10.3. The van der Waals surface area contributed by atoms with Crippen molar-refractivity contribution in [3.63, 3.8) is 0 Å². The van der Waals surface area contributed by atoms with Crippen LogP contribution in [-0.2, 0) is 6.42 Å². The lowest BCUT2D eigenvalue weighted by Gasteiger charge is -2.13. The molecule has 7 heteroatoms. The number of aromatic nitrogens is 3. The first-order valence-electron chi connectivity index (χ1n) is 5.71. The first-order valence-corrected chi connectivity index (χ1v) is 6.09. The maximum Gasteiger partial charge on any atom is 0.229 e. The van der Waals surface area contributed by atoms with Crippen LogP contribution in [0.5, 0.6) is 0 Å². The molecule has 0 saturated heterocycles. The molecule has 2 aromatic rings. The van der Waals surface area contributed by atoms with E-state index in [4.69, 9.17) is 17.3 Å². The van der Waals surface area contributed by atoms with E-state index in [0.29, 0.717) is 12.4 Å². The highest BCUT2D eigenvalue weighted by Gasteiger charge is 2.08. The lowest BCUT2D eigenvalue weighted by atomic mass is 10.1. The van der Waals surface area contributed by atoms with Crippen molar-refractivity contribution in [1.82, 2.24) is 15.0 Å². The fraction of sp³-hybridized carbons (Fsp3) is 0.250. The number of hydrogen-bond donors (Lipinski definition) is 2. The van der Waals surface area contributed by atoms with Crippen LogP contribution in [0, 0.1) is 5.82 Å². The van der Waals surface area contributed by atoms with E-state index in [-0.39, 0.29) is 23.1 Å². The minimum Gasteiger partial charge on any atom is -0.368 e. The molecule has 1 aromatic heterocycles. The van der Waals surface area contributed by atoms with Crippen LogP contribution in [0.25, 0.3) is 0 Å². The monoisotopic (exact) mass is 281 g/mol. The van der Waals surface area contributed by atoms with Crippen molar-refractivity contribution in [3.8, 4) is 0 Å². The molecule has 0 radical (unpaired) electrons. The van der Waals surface area contributed by atoms with E-state index >= 15 is 0 Å². The molecule has 3 N–H and O–H groups in total. The third-order valence-corrected chi connectivity index (χ3v) is 2.63. The topological polar surface area (TPSA) is 76.7 Å². The summed E-state index contributed by atoms with van der Waals surface area (Å²) in [5.41, 5.74) is 6.48. The van der Waals surface area contributed by atoms with Crippen LogP contribution >= 0.6 is 11.6 Å². The van der Waals surface area contributed by atoms with E-state index in [2.05, 4.69) is 20.3 Å². The van der Waals surface area contributed by atoms with Gasteiger partial charge >= 0.3 is 0 Å². The zero-order valence-corrected chi connectivity index (χ0v) is 11.0. The molecule has 0 spiro atoms. The smallest absolute Gasteiger partial charge is 0.229 e. The van der Waals surface area contributed by atoms with Crippen molar-refractivity contribution in [3.05, 3.63) is 40.9 Å². The standard InChI is InChI=1S/C12H13ClFN5/c1-7(6-8-2-4-9(14)5-3-8)16-12-18-10(13)17-11(15)19-12/h2-5,7H,6H2,1H3,(H3,15,16,17,18,19). The number of halogens is 2. The minimum absolute atomic E-state index is 0.0447. The normalized spacial score (nSPS) is 12.2. The van der Waals surface area contributed by atoms with Crippen molar-refractivity contribution < 1.29 is 4.39 Å². The fourth-order valence-corrected chi connectivity index (χ4v) is 1.84. The van der Waals surface area contributed by atoms with Crippen molar-refractivity contribution in [2.45, 2.75) is 19.4 Å². The molecular weight excluding hydrogens is 269 g/mol. The lowest BCUT2D eigenvalue weighted by molar-refractivity contribution is 0.626. The molecule has 5 nitrogen and oxygen atoms in total. The summed E-state index contributed by atoms with van der Waals surface area (Å²) in [7, 11) is 0. The lowest BCUT2D eigenvalue weighted by Crippen LogP contribution is -2.20. The SMILES string of the molecule is CC(Cc1ccc(F)cc1)Nc1nc(N)nc(Cl)n1. The first-order chi connectivity index (χ1) is 9.02. The largest absolute Gasteiger partial charge is 0.368 e. The molecule has 0 amide bonds. The van der Waals surface area contributed by atoms with Gasteiger partial charge in [0.15, 0.2) is 0 Å². The first kappa shape index (κ1) is 13.5. The van der Waals surface area contributed by atoms with Crippen LogP contribution in [0.3, 0.4) is 0 Å². The summed E-state index contributed by atoms with van der Waals surface area (Å²) in [4.78, 5) is 11.5. The van der Waals surface area contributed by atoms with Gasteiger partial charge in [-0.1, -0.05) is 12.1 Å². The minimum atomic E-state index is -0.249. The van der Waals surface area contributed by atoms with Crippen molar-refractivity contribution in [2.75, 3.05) is 11.1 Å². The second kappa shape index (κ2) is 5.79. The maximum atomic E-state index is 12.8. The predicted octanol–water partition coefficient (Wildman–Crippen LogP) is 2.29. The summed E-state index contributed by atoms with van der Waals surface area (Å²) in [5.74, 6) is 0.143. The van der Waals surface area contributed by atoms with E-state index in [1.165, 1.54) is 12.1 Å². The summed E-state index contributed by atoms with van der Waals surface area (Å²) in [6, 6.07) is 6.38. The van der Waals surface area contributed by atoms with Gasteiger partial charge in [-0.05, 0) is 42.6 Å². The number of benzene rings is 1. The molecule has 0 saturated carbocycles. The Morgan fingerprint density at radius 2 is 1.95 bits per heavy atom. The van der Waals surface area contributed by atoms with E-state index in [1.807, 2.05) is 6.92 Å². The Balaban J connectivity index is 2.00. The van der Waals surface area contributed by atoms with E-state index in [0.717, 1.165) is 5.56 Å². The molecule has 100 valence electrons. The highest BCUT2D eigenvalue weighted by atomic mass is 35.5. The molecule has 1 atom stereocenters. The number of nitrogens with one attached hydrogen (secondary N) is 1. The van der Waals surface area contributed by atoms with E-state index < -0.39 is 0 Å². The summed E-state index contributed by atoms with van der Waals surface area (Å²) in [5, 5.41) is 3.11. The van der Waals surface area contributed by atoms with Crippen LogP contribution in [0.2, 0.25) is 5.28 Å². The quantitative estimate of drug-likeness (QED) is 0.899. The Bertz CT molecular complexity index is 540. The molecular formula is C12H13ClFN5. The summed E-state index contributed by atoms with van der Waals surface area (Å²) in [6.45, 7) is 1.96. The van der Waals surface area contributed by atoms with E-state index in [1.54, 1.807) is 12.1 Å². The second-order valence-electron chi connectivity index (χ2n) is 4.16. The average molecular weight is 282 g/mol. The van der Waals surface area contributed by atoms with Crippen LogP contribution in [-0.4, -0.2) is 21.0 Å². The number of hydrogen-bond acceptors (Lipinski definition) is 5. The molecule has 1 aromatic carbocycles. The molecule has 1 unspecified atom stereocenters. The van der Waals surface area contributed by atoms with Crippen molar-refractivity contribution in [1.29, 1.82) is 0 Å². The van der Waals surface area contributed by atoms with Gasteiger partial charge in [0.2, 0.25) is 17.2 Å². The Labute approximate surface area is 115 Å². The van der Waals surface area contributed by atoms with Gasteiger partial charge in [0.25, 0.3) is 0 Å². The van der Waals surface area contributed by atoms with Crippen molar-refractivity contribution in [2.24, 2.45) is 0 Å². The molecule has 2 rings (SSSR count). The Kier molecular flexibility index (Phi) is 4.11. The molecule has 1 heterocycles. The average Bonchev–Trinajstić information content (AvgIpc) is 2.30. The third kappa shape index (κ3) is 4.03. The zero-order chi connectivity index (χ0) is 13.8. The van der Waals surface area contributed by atoms with Gasteiger partial charge in [-0.2, -0.15) is 15.0 Å². The Morgan fingerprint density at radius 3 is 2.58 bits per heavy atom. The maximum absolute atomic E-state index is 12.8. The van der Waals surface area contributed by atoms with Gasteiger partial charge in [-0.3, -0.25) is 0 Å². The second-order valence-corrected chi connectivity index (χ2v) is 4.50. The van der Waals surface area contributed by atoms with Gasteiger partial charge in [-0.15, -0.1) is 0 Å². The van der Waals surface area contributed by atoms with Crippen LogP contribution < -0.4 is 11.1 Å². The molecule has 19 heavy (non-hydrogen) atoms. The van der Waals surface area contributed by atoms with Crippen LogP contribution in [0.15, 0.2) is 24.3 Å². The fourth-order valence-electron chi connectivity index (χ4n) is 1.68. The van der Waals surface area contributed by atoms with Gasteiger partial charge in [-0.25, -0.2) is 4.39 Å². The van der Waals surface area contributed by atoms with Gasteiger partial charge in [0.05, 0.1) is 0 Å². The van der Waals surface area contributed by atoms with Crippen LogP contribution in [0.1, 0.15) is 12.5 Å². The summed E-state index contributed by atoms with van der Waals surface area (Å²) in [6.07, 6.45) is 0.698. The van der Waals surface area contributed by atoms with Gasteiger partial charge in [0.1, 0.15) is 5.82 Å². The van der Waals surface area contributed by atoms with Crippen molar-refractivity contribution >= 4 is 23.5 Å². The van der Waals surface area contributed by atoms with E-state index in [9.17, 15) is 4.39 Å². The van der Waals surface area contributed by atoms with Gasteiger partial charge in [0, 0.05) is 6.04 Å². The number of nitrogen functional groups attached to an aromatic ring is 1. The number of rotatable bonds is 4. The molecule has 0 aliphatic heterocycles. The summed E-state index contributed by atoms with van der Waals surface area (Å²) >= 11 is 5.69. The number of anilines is 2. The number of nitrogens with zero attached hydrogens (tertiary/aromatic N) is 3. The van der Waals surface area contributed by atoms with Crippen LogP contribution in [0.4, 0.5) is 16.3 Å². The Hall–Kier alpha value is -1.95. The van der Waals surface area contributed by atoms with Gasteiger partial charge < -0.3 is 11.1 Å². The highest BCUT2D eigenvalue weighted by Crippen LogP contribution is 2.11. The molecule has 0 bridgehead atoms.